The monoisotopic (exact) mass is 302 g/mol. The van der Waals surface area contributed by atoms with E-state index < -0.39 is 0 Å². The van der Waals surface area contributed by atoms with Gasteiger partial charge in [-0.2, -0.15) is 0 Å². The van der Waals surface area contributed by atoms with Crippen molar-refractivity contribution >= 4 is 11.3 Å². The van der Waals surface area contributed by atoms with E-state index in [1.807, 2.05) is 35.8 Å². The second kappa shape index (κ2) is 6.60. The third-order valence-electron chi connectivity index (χ3n) is 3.14. The van der Waals surface area contributed by atoms with Gasteiger partial charge in [-0.25, -0.2) is 4.39 Å². The third kappa shape index (κ3) is 3.53. The van der Waals surface area contributed by atoms with Crippen LogP contribution < -0.4 is 5.32 Å². The number of halogens is 1. The first-order valence-corrected chi connectivity index (χ1v) is 7.58. The molecule has 0 aliphatic rings. The van der Waals surface area contributed by atoms with Gasteiger partial charge in [0.05, 0.1) is 12.7 Å². The number of nitrogens with one attached hydrogen (secondary N) is 1. The first-order valence-electron chi connectivity index (χ1n) is 6.70. The maximum absolute atomic E-state index is 13.9. The van der Waals surface area contributed by atoms with Gasteiger partial charge < -0.3 is 5.32 Å². The highest BCUT2D eigenvalue weighted by Gasteiger charge is 2.07. The van der Waals surface area contributed by atoms with E-state index in [-0.39, 0.29) is 5.82 Å². The summed E-state index contributed by atoms with van der Waals surface area (Å²) in [5, 5.41) is 12.9. The Morgan fingerprint density at radius 3 is 3.00 bits per heavy atom. The molecule has 3 rings (SSSR count). The quantitative estimate of drug-likeness (QED) is 0.712. The zero-order chi connectivity index (χ0) is 14.5. The molecule has 0 fully saturated rings. The Labute approximate surface area is 126 Å². The minimum absolute atomic E-state index is 0.177. The van der Waals surface area contributed by atoms with E-state index in [0.29, 0.717) is 12.1 Å². The molecule has 0 aliphatic heterocycles. The van der Waals surface area contributed by atoms with Crippen LogP contribution in [-0.4, -0.2) is 21.5 Å². The lowest BCUT2D eigenvalue weighted by Gasteiger charge is -2.07. The van der Waals surface area contributed by atoms with Crippen LogP contribution in [0.5, 0.6) is 0 Å². The molecule has 3 aromatic rings. The Bertz CT molecular complexity index is 680. The number of nitrogens with zero attached hydrogens (tertiary/aromatic N) is 3. The summed E-state index contributed by atoms with van der Waals surface area (Å²) < 4.78 is 15.6. The fourth-order valence-corrected chi connectivity index (χ4v) is 2.83. The summed E-state index contributed by atoms with van der Waals surface area (Å²) in [7, 11) is 0. The average Bonchev–Trinajstić information content (AvgIpc) is 3.18. The first-order chi connectivity index (χ1) is 10.3. The molecule has 2 heterocycles. The molecule has 6 heteroatoms. The van der Waals surface area contributed by atoms with Gasteiger partial charge in [0.25, 0.3) is 0 Å². The Morgan fingerprint density at radius 2 is 2.24 bits per heavy atom. The van der Waals surface area contributed by atoms with Crippen molar-refractivity contribution in [2.75, 3.05) is 6.54 Å². The van der Waals surface area contributed by atoms with Crippen LogP contribution in [0.4, 0.5) is 4.39 Å². The fourth-order valence-electron chi connectivity index (χ4n) is 2.08. The highest BCUT2D eigenvalue weighted by atomic mass is 32.1. The van der Waals surface area contributed by atoms with Crippen LogP contribution in [0, 0.1) is 5.82 Å². The van der Waals surface area contributed by atoms with E-state index in [1.54, 1.807) is 22.2 Å². The van der Waals surface area contributed by atoms with Crippen LogP contribution in [-0.2, 0) is 13.1 Å². The van der Waals surface area contributed by atoms with Gasteiger partial charge in [-0.15, -0.1) is 16.4 Å². The first kappa shape index (κ1) is 13.9. The van der Waals surface area contributed by atoms with Crippen LogP contribution in [0.1, 0.15) is 5.56 Å². The molecule has 0 aliphatic carbocycles. The Morgan fingerprint density at radius 1 is 1.29 bits per heavy atom. The zero-order valence-corrected chi connectivity index (χ0v) is 12.2. The predicted molar refractivity (Wildman–Crippen MR) is 81.4 cm³/mol. The van der Waals surface area contributed by atoms with Gasteiger partial charge in [-0.1, -0.05) is 17.3 Å². The second-order valence-corrected chi connectivity index (χ2v) is 5.58. The number of thiophene rings is 1. The molecule has 108 valence electrons. The van der Waals surface area contributed by atoms with Crippen molar-refractivity contribution in [1.29, 1.82) is 0 Å². The molecule has 0 atom stereocenters. The molecule has 1 aromatic carbocycles. The van der Waals surface area contributed by atoms with Crippen molar-refractivity contribution in [2.24, 2.45) is 0 Å². The number of benzene rings is 1. The smallest absolute Gasteiger partial charge is 0.131 e. The number of rotatable bonds is 6. The third-order valence-corrected chi connectivity index (χ3v) is 4.04. The minimum atomic E-state index is -0.177. The van der Waals surface area contributed by atoms with E-state index in [0.717, 1.165) is 23.5 Å². The Balaban J connectivity index is 1.60. The number of hydrogen-bond donors (Lipinski definition) is 1. The normalized spacial score (nSPS) is 10.9. The van der Waals surface area contributed by atoms with Gasteiger partial charge in [0.15, 0.2) is 0 Å². The van der Waals surface area contributed by atoms with Gasteiger partial charge in [-0.3, -0.25) is 4.68 Å². The molecule has 0 radical (unpaired) electrons. The molecular weight excluding hydrogens is 287 g/mol. The molecule has 4 nitrogen and oxygen atoms in total. The summed E-state index contributed by atoms with van der Waals surface area (Å²) in [6, 6.07) is 9.12. The molecule has 2 aromatic heterocycles. The van der Waals surface area contributed by atoms with Crippen molar-refractivity contribution in [1.82, 2.24) is 20.3 Å². The summed E-state index contributed by atoms with van der Waals surface area (Å²) in [5.41, 5.74) is 1.74. The second-order valence-electron chi connectivity index (χ2n) is 4.63. The highest BCUT2D eigenvalue weighted by Crippen LogP contribution is 2.28. The van der Waals surface area contributed by atoms with Crippen molar-refractivity contribution in [3.05, 3.63) is 59.5 Å². The zero-order valence-electron chi connectivity index (χ0n) is 11.4. The average molecular weight is 302 g/mol. The molecule has 0 saturated carbocycles. The van der Waals surface area contributed by atoms with E-state index in [9.17, 15) is 4.39 Å². The maximum atomic E-state index is 13.9. The van der Waals surface area contributed by atoms with Crippen LogP contribution in [0.15, 0.2) is 48.1 Å². The summed E-state index contributed by atoms with van der Waals surface area (Å²) in [6.45, 7) is 2.25. The molecule has 1 N–H and O–H groups in total. The van der Waals surface area contributed by atoms with Gasteiger partial charge in [0.2, 0.25) is 0 Å². The summed E-state index contributed by atoms with van der Waals surface area (Å²) >= 11 is 1.55. The van der Waals surface area contributed by atoms with Gasteiger partial charge in [0, 0.05) is 29.7 Å². The van der Waals surface area contributed by atoms with Gasteiger partial charge >= 0.3 is 0 Å². The van der Waals surface area contributed by atoms with E-state index in [2.05, 4.69) is 15.6 Å². The van der Waals surface area contributed by atoms with Crippen molar-refractivity contribution in [3.63, 3.8) is 0 Å². The predicted octanol–water partition coefficient (Wildman–Crippen LogP) is 2.94. The lowest BCUT2D eigenvalue weighted by Crippen LogP contribution is -2.19. The summed E-state index contributed by atoms with van der Waals surface area (Å²) in [6.07, 6.45) is 3.49. The lowest BCUT2D eigenvalue weighted by molar-refractivity contribution is 0.540. The number of aromatic nitrogens is 3. The molecule has 21 heavy (non-hydrogen) atoms. The van der Waals surface area contributed by atoms with E-state index in [4.69, 9.17) is 0 Å². The molecule has 0 unspecified atom stereocenters. The maximum Gasteiger partial charge on any atom is 0.131 e. The molecule has 0 spiro atoms. The lowest BCUT2D eigenvalue weighted by atomic mass is 10.1. The fraction of sp³-hybridized carbons (Fsp3) is 0.200. The van der Waals surface area contributed by atoms with Crippen LogP contribution in [0.25, 0.3) is 10.4 Å². The van der Waals surface area contributed by atoms with Crippen LogP contribution in [0.2, 0.25) is 0 Å². The van der Waals surface area contributed by atoms with E-state index in [1.165, 1.54) is 6.07 Å². The van der Waals surface area contributed by atoms with Gasteiger partial charge in [0.1, 0.15) is 5.82 Å². The van der Waals surface area contributed by atoms with Crippen LogP contribution in [0.3, 0.4) is 0 Å². The SMILES string of the molecule is Fc1ccc(CNCCn2ccnn2)cc1-c1cccs1. The Hall–Kier alpha value is -2.05. The summed E-state index contributed by atoms with van der Waals surface area (Å²) in [5.74, 6) is -0.177. The van der Waals surface area contributed by atoms with Crippen molar-refractivity contribution in [2.45, 2.75) is 13.1 Å². The van der Waals surface area contributed by atoms with Crippen molar-refractivity contribution in [3.8, 4) is 10.4 Å². The topological polar surface area (TPSA) is 42.7 Å². The molecule has 0 amide bonds. The van der Waals surface area contributed by atoms with E-state index >= 15 is 0 Å². The van der Waals surface area contributed by atoms with Crippen molar-refractivity contribution < 1.29 is 4.39 Å². The standard InChI is InChI=1S/C15H15FN4S/c16-14-4-3-12(10-13(14)15-2-1-9-21-15)11-17-5-7-20-8-6-18-19-20/h1-4,6,8-10,17H,5,7,11H2. The van der Waals surface area contributed by atoms with Gasteiger partial charge in [-0.05, 0) is 29.1 Å². The molecule has 0 bridgehead atoms. The van der Waals surface area contributed by atoms with Crippen LogP contribution >= 0.6 is 11.3 Å². The largest absolute Gasteiger partial charge is 0.311 e. The minimum Gasteiger partial charge on any atom is -0.311 e. The number of hydrogen-bond acceptors (Lipinski definition) is 4. The summed E-state index contributed by atoms with van der Waals surface area (Å²) in [4.78, 5) is 0.956. The Kier molecular flexibility index (Phi) is 4.37. The molecule has 0 saturated heterocycles. The highest BCUT2D eigenvalue weighted by molar-refractivity contribution is 7.13. The molecular formula is C15H15FN4S.